The summed E-state index contributed by atoms with van der Waals surface area (Å²) in [6, 6.07) is 24.9. The summed E-state index contributed by atoms with van der Waals surface area (Å²) in [6.45, 7) is 1.26. The normalized spacial score (nSPS) is 14.0. The first-order chi connectivity index (χ1) is 18.5. The molecule has 0 spiro atoms. The van der Waals surface area contributed by atoms with E-state index in [2.05, 4.69) is 10.3 Å². The lowest BCUT2D eigenvalue weighted by Gasteiger charge is -2.25. The van der Waals surface area contributed by atoms with Gasteiger partial charge in [0.05, 0.1) is 19.1 Å². The smallest absolute Gasteiger partial charge is 0.252 e. The molecule has 0 saturated heterocycles. The van der Waals surface area contributed by atoms with Gasteiger partial charge in [0.2, 0.25) is 5.91 Å². The highest BCUT2D eigenvalue weighted by Crippen LogP contribution is 2.29. The van der Waals surface area contributed by atoms with Gasteiger partial charge in [0, 0.05) is 37.5 Å². The minimum atomic E-state index is -0.354. The van der Waals surface area contributed by atoms with E-state index in [1.807, 2.05) is 54.6 Å². The summed E-state index contributed by atoms with van der Waals surface area (Å²) in [4.78, 5) is 31.8. The van der Waals surface area contributed by atoms with Crippen molar-refractivity contribution in [1.82, 2.24) is 15.2 Å². The number of pyridine rings is 1. The Kier molecular flexibility index (Phi) is 7.73. The molecular formula is C31H28FN3O3. The van der Waals surface area contributed by atoms with Crippen LogP contribution in [-0.4, -0.2) is 28.3 Å². The fourth-order valence-corrected chi connectivity index (χ4v) is 4.62. The van der Waals surface area contributed by atoms with Crippen LogP contribution in [0.2, 0.25) is 0 Å². The molecule has 6 nitrogen and oxygen atoms in total. The van der Waals surface area contributed by atoms with Gasteiger partial charge >= 0.3 is 0 Å². The molecule has 0 bridgehead atoms. The van der Waals surface area contributed by atoms with Gasteiger partial charge in [-0.05, 0) is 64.7 Å². The molecule has 1 aliphatic heterocycles. The lowest BCUT2D eigenvalue weighted by molar-refractivity contribution is -0.133. The summed E-state index contributed by atoms with van der Waals surface area (Å²) >= 11 is 0. The van der Waals surface area contributed by atoms with Gasteiger partial charge in [0.25, 0.3) is 5.91 Å². The Labute approximate surface area is 221 Å². The molecule has 2 heterocycles. The fourth-order valence-electron chi connectivity index (χ4n) is 4.62. The highest BCUT2D eigenvalue weighted by atomic mass is 19.1. The zero-order valence-corrected chi connectivity index (χ0v) is 20.8. The Bertz CT molecular complexity index is 1410. The van der Waals surface area contributed by atoms with Gasteiger partial charge < -0.3 is 15.0 Å². The van der Waals surface area contributed by atoms with E-state index in [-0.39, 0.29) is 30.1 Å². The maximum atomic E-state index is 13.6. The van der Waals surface area contributed by atoms with E-state index in [4.69, 9.17) is 4.74 Å². The Morgan fingerprint density at radius 2 is 1.66 bits per heavy atom. The predicted molar refractivity (Wildman–Crippen MR) is 142 cm³/mol. The molecule has 1 N–H and O–H groups in total. The van der Waals surface area contributed by atoms with Crippen LogP contribution in [0.5, 0.6) is 5.75 Å². The van der Waals surface area contributed by atoms with Crippen LogP contribution in [0.25, 0.3) is 0 Å². The average molecular weight is 510 g/mol. The quantitative estimate of drug-likeness (QED) is 0.317. The van der Waals surface area contributed by atoms with Crippen molar-refractivity contribution in [2.24, 2.45) is 0 Å². The molecule has 192 valence electrons. The Hall–Kier alpha value is -4.52. The number of nitrogens with one attached hydrogen (secondary N) is 1. The van der Waals surface area contributed by atoms with Gasteiger partial charge in [0.15, 0.2) is 0 Å². The summed E-state index contributed by atoms with van der Waals surface area (Å²) in [5, 5.41) is 2.94. The molecule has 0 unspecified atom stereocenters. The fraction of sp³-hybridized carbons (Fsp3) is 0.194. The zero-order valence-electron chi connectivity index (χ0n) is 20.8. The van der Waals surface area contributed by atoms with Crippen molar-refractivity contribution in [2.75, 3.05) is 6.61 Å². The number of fused-ring (bicyclic) bond motifs is 1. The van der Waals surface area contributed by atoms with Crippen molar-refractivity contribution in [3.8, 4) is 5.75 Å². The molecule has 0 radical (unpaired) electrons. The van der Waals surface area contributed by atoms with Crippen LogP contribution in [0.3, 0.4) is 0 Å². The highest BCUT2D eigenvalue weighted by Gasteiger charge is 2.31. The number of benzene rings is 3. The highest BCUT2D eigenvalue weighted by molar-refractivity contribution is 5.99. The topological polar surface area (TPSA) is 71.5 Å². The van der Waals surface area contributed by atoms with Crippen LogP contribution >= 0.6 is 0 Å². The van der Waals surface area contributed by atoms with Crippen LogP contribution in [-0.2, 0) is 24.3 Å². The molecule has 0 aliphatic carbocycles. The van der Waals surface area contributed by atoms with Crippen LogP contribution in [0.4, 0.5) is 4.39 Å². The van der Waals surface area contributed by atoms with Crippen molar-refractivity contribution in [3.05, 3.63) is 131 Å². The minimum Gasteiger partial charge on any atom is -0.493 e. The molecule has 5 rings (SSSR count). The molecule has 0 fully saturated rings. The minimum absolute atomic E-state index is 0.0635. The summed E-state index contributed by atoms with van der Waals surface area (Å²) in [6.07, 6.45) is 4.25. The van der Waals surface area contributed by atoms with Gasteiger partial charge in [-0.25, -0.2) is 4.39 Å². The molecule has 1 aromatic heterocycles. The van der Waals surface area contributed by atoms with Gasteiger partial charge in [-0.3, -0.25) is 14.6 Å². The first kappa shape index (κ1) is 25.1. The van der Waals surface area contributed by atoms with Crippen molar-refractivity contribution < 1.29 is 18.7 Å². The summed E-state index contributed by atoms with van der Waals surface area (Å²) in [5.74, 6) is 0.238. The number of hydrogen-bond acceptors (Lipinski definition) is 4. The second-order valence-corrected chi connectivity index (χ2v) is 9.30. The number of rotatable bonds is 10. The number of hydrogen-bond donors (Lipinski definition) is 1. The Morgan fingerprint density at radius 1 is 0.895 bits per heavy atom. The largest absolute Gasteiger partial charge is 0.493 e. The van der Waals surface area contributed by atoms with Crippen LogP contribution in [0, 0.1) is 5.82 Å². The molecule has 0 saturated carbocycles. The first-order valence-corrected chi connectivity index (χ1v) is 12.6. The molecule has 38 heavy (non-hydrogen) atoms. The standard InChI is InChI=1S/C31H28FN3O3/c32-25-10-8-22(9-11-25)14-17-38-26-5-3-4-24(18-26)21-35(20-23-12-15-33-16-13-23)30(36)19-29-27-6-1-2-7-28(27)31(37)34-29/h1-13,15-16,18,29H,14,17,19-21H2,(H,34,37)/t29-/m0/s1. The molecule has 4 aromatic rings. The summed E-state index contributed by atoms with van der Waals surface area (Å²) in [7, 11) is 0. The second-order valence-electron chi connectivity index (χ2n) is 9.30. The third-order valence-electron chi connectivity index (χ3n) is 6.59. The third-order valence-corrected chi connectivity index (χ3v) is 6.59. The van der Waals surface area contributed by atoms with Crippen molar-refractivity contribution in [1.29, 1.82) is 0 Å². The van der Waals surface area contributed by atoms with Gasteiger partial charge in [-0.1, -0.05) is 42.5 Å². The van der Waals surface area contributed by atoms with E-state index < -0.39 is 0 Å². The SMILES string of the molecule is O=C1N[C@@H](CC(=O)N(Cc2ccncc2)Cc2cccc(OCCc3ccc(F)cc3)c2)c2ccccc21. The maximum absolute atomic E-state index is 13.6. The third kappa shape index (κ3) is 6.24. The zero-order chi connectivity index (χ0) is 26.3. The lowest BCUT2D eigenvalue weighted by atomic mass is 10.0. The predicted octanol–water partition coefficient (Wildman–Crippen LogP) is 5.25. The van der Waals surface area contributed by atoms with Gasteiger partial charge in [-0.2, -0.15) is 0 Å². The number of ether oxygens (including phenoxy) is 1. The number of amides is 2. The van der Waals surface area contributed by atoms with Crippen molar-refractivity contribution >= 4 is 11.8 Å². The van der Waals surface area contributed by atoms with E-state index >= 15 is 0 Å². The van der Waals surface area contributed by atoms with E-state index in [9.17, 15) is 14.0 Å². The second kappa shape index (κ2) is 11.7. The summed E-state index contributed by atoms with van der Waals surface area (Å²) in [5.41, 5.74) is 4.37. The van der Waals surface area contributed by atoms with E-state index in [1.54, 1.807) is 35.5 Å². The molecule has 7 heteroatoms. The summed E-state index contributed by atoms with van der Waals surface area (Å²) < 4.78 is 19.1. The van der Waals surface area contributed by atoms with Crippen molar-refractivity contribution in [2.45, 2.75) is 32.0 Å². The number of carbonyl (C=O) groups is 2. The number of aromatic nitrogens is 1. The molecule has 3 aromatic carbocycles. The van der Waals surface area contributed by atoms with Crippen LogP contribution in [0.15, 0.2) is 97.3 Å². The lowest BCUT2D eigenvalue weighted by Crippen LogP contribution is -2.33. The first-order valence-electron chi connectivity index (χ1n) is 12.6. The van der Waals surface area contributed by atoms with E-state index in [0.29, 0.717) is 37.4 Å². The number of carbonyl (C=O) groups excluding carboxylic acids is 2. The average Bonchev–Trinajstić information content (AvgIpc) is 3.25. The van der Waals surface area contributed by atoms with Crippen molar-refractivity contribution in [3.63, 3.8) is 0 Å². The van der Waals surface area contributed by atoms with Gasteiger partial charge in [0.1, 0.15) is 11.6 Å². The Balaban J connectivity index is 1.27. The Morgan fingerprint density at radius 3 is 2.47 bits per heavy atom. The molecule has 1 aliphatic rings. The number of halogens is 1. The van der Waals surface area contributed by atoms with Crippen LogP contribution in [0.1, 0.15) is 45.1 Å². The van der Waals surface area contributed by atoms with Crippen LogP contribution < -0.4 is 10.1 Å². The molecule has 2 amide bonds. The maximum Gasteiger partial charge on any atom is 0.252 e. The molecular weight excluding hydrogens is 481 g/mol. The van der Waals surface area contributed by atoms with E-state index in [0.717, 1.165) is 22.3 Å². The number of nitrogens with zero attached hydrogens (tertiary/aromatic N) is 2. The monoisotopic (exact) mass is 509 g/mol. The molecule has 1 atom stereocenters. The van der Waals surface area contributed by atoms with E-state index in [1.165, 1.54) is 12.1 Å². The van der Waals surface area contributed by atoms with Gasteiger partial charge in [-0.15, -0.1) is 0 Å².